The van der Waals surface area contributed by atoms with Gasteiger partial charge >= 0.3 is 0 Å². The smallest absolute Gasteiger partial charge is 0.174 e. The zero-order chi connectivity index (χ0) is 22.9. The lowest BCUT2D eigenvalue weighted by atomic mass is 10.0. The molecule has 4 aromatic rings. The van der Waals surface area contributed by atoms with Gasteiger partial charge in [-0.25, -0.2) is 0 Å². The van der Waals surface area contributed by atoms with Gasteiger partial charge in [0, 0.05) is 16.8 Å². The molecule has 3 heterocycles. The van der Waals surface area contributed by atoms with Gasteiger partial charge in [-0.15, -0.1) is 0 Å². The van der Waals surface area contributed by atoms with Gasteiger partial charge in [0.15, 0.2) is 5.11 Å². The number of nitrogens with one attached hydrogen (secondary N) is 1. The normalized spacial score (nSPS) is 17.8. The molecule has 166 valence electrons. The molecule has 5 rings (SSSR count). The molecule has 0 amide bonds. The molecule has 1 aliphatic heterocycles. The van der Waals surface area contributed by atoms with Crippen LogP contribution in [0.2, 0.25) is 5.02 Å². The van der Waals surface area contributed by atoms with Gasteiger partial charge in [0.2, 0.25) is 0 Å². The molecular formula is C26H22ClN3O2S. The third kappa shape index (κ3) is 3.96. The molecule has 0 spiro atoms. The van der Waals surface area contributed by atoms with Gasteiger partial charge in [0.25, 0.3) is 0 Å². The molecule has 33 heavy (non-hydrogen) atoms. The minimum absolute atomic E-state index is 0.204. The minimum atomic E-state index is -0.265. The highest BCUT2D eigenvalue weighted by Crippen LogP contribution is 2.45. The molecule has 1 aliphatic rings. The van der Waals surface area contributed by atoms with E-state index in [4.69, 9.17) is 33.0 Å². The summed E-state index contributed by atoms with van der Waals surface area (Å²) in [6, 6.07) is 23.1. The number of aryl methyl sites for hydroxylation is 1. The Morgan fingerprint density at radius 3 is 2.64 bits per heavy atom. The van der Waals surface area contributed by atoms with Crippen molar-refractivity contribution in [2.24, 2.45) is 0 Å². The van der Waals surface area contributed by atoms with Crippen LogP contribution in [0.15, 0.2) is 83.4 Å². The van der Waals surface area contributed by atoms with E-state index in [0.717, 1.165) is 39.8 Å². The average molecular weight is 476 g/mol. The first kappa shape index (κ1) is 21.5. The van der Waals surface area contributed by atoms with E-state index in [9.17, 15) is 0 Å². The molecule has 2 aromatic heterocycles. The van der Waals surface area contributed by atoms with Gasteiger partial charge in [-0.3, -0.25) is 4.98 Å². The quantitative estimate of drug-likeness (QED) is 0.333. The number of halogens is 1. The fourth-order valence-electron chi connectivity index (χ4n) is 4.15. The summed E-state index contributed by atoms with van der Waals surface area (Å²) in [6.45, 7) is 1.98. The first-order valence-corrected chi connectivity index (χ1v) is 11.4. The van der Waals surface area contributed by atoms with Crippen molar-refractivity contribution >= 4 is 34.6 Å². The van der Waals surface area contributed by atoms with Crippen LogP contribution in [0.1, 0.15) is 29.1 Å². The number of nitrogens with zero attached hydrogens (tertiary/aromatic N) is 2. The van der Waals surface area contributed by atoms with Crippen LogP contribution < -0.4 is 15.0 Å². The van der Waals surface area contributed by atoms with Crippen LogP contribution >= 0.6 is 23.8 Å². The number of hydrogen-bond acceptors (Lipinski definition) is 4. The van der Waals surface area contributed by atoms with Crippen molar-refractivity contribution in [3.8, 4) is 17.1 Å². The molecule has 0 unspecified atom stereocenters. The monoisotopic (exact) mass is 475 g/mol. The van der Waals surface area contributed by atoms with Crippen molar-refractivity contribution in [3.05, 3.63) is 101 Å². The number of methoxy groups -OCH3 is 1. The van der Waals surface area contributed by atoms with Crippen molar-refractivity contribution < 1.29 is 9.15 Å². The average Bonchev–Trinajstić information content (AvgIpc) is 3.46. The Hall–Kier alpha value is -3.35. The van der Waals surface area contributed by atoms with E-state index in [0.29, 0.717) is 10.1 Å². The predicted octanol–water partition coefficient (Wildman–Crippen LogP) is 6.49. The molecule has 0 aliphatic carbocycles. The second-order valence-corrected chi connectivity index (χ2v) is 8.63. The zero-order valence-electron chi connectivity index (χ0n) is 18.2. The zero-order valence-corrected chi connectivity index (χ0v) is 19.7. The number of thiocarbonyl (C=S) groups is 1. The Morgan fingerprint density at radius 2 is 1.88 bits per heavy atom. The summed E-state index contributed by atoms with van der Waals surface area (Å²) in [5.74, 6) is 2.23. The van der Waals surface area contributed by atoms with Gasteiger partial charge < -0.3 is 19.4 Å². The number of ether oxygens (including phenoxy) is 1. The summed E-state index contributed by atoms with van der Waals surface area (Å²) in [6.07, 6.45) is 1.78. The van der Waals surface area contributed by atoms with Gasteiger partial charge in [0.05, 0.1) is 24.5 Å². The van der Waals surface area contributed by atoms with Crippen molar-refractivity contribution in [1.82, 2.24) is 10.3 Å². The summed E-state index contributed by atoms with van der Waals surface area (Å²) < 4.78 is 12.0. The van der Waals surface area contributed by atoms with E-state index >= 15 is 0 Å². The standard InChI is InChI=1S/C26H22ClN3O2S/c1-16-10-11-17(15-18(16)27)21-12-13-23(32-21)25-24(19-7-5-6-14-28-19)29-26(33)30(25)20-8-3-4-9-22(20)31-2/h3-15,24-25H,1-2H3,(H,29,33)/t24-,25-/m1/s1. The highest BCUT2D eigenvalue weighted by molar-refractivity contribution is 7.80. The van der Waals surface area contributed by atoms with Crippen LogP contribution in [0.5, 0.6) is 5.75 Å². The summed E-state index contributed by atoms with van der Waals surface area (Å²) >= 11 is 12.1. The Labute approximate surface area is 203 Å². The summed E-state index contributed by atoms with van der Waals surface area (Å²) in [5.41, 5.74) is 3.68. The highest BCUT2D eigenvalue weighted by Gasteiger charge is 2.43. The first-order chi connectivity index (χ1) is 16.1. The predicted molar refractivity (Wildman–Crippen MR) is 135 cm³/mol. The van der Waals surface area contributed by atoms with Crippen molar-refractivity contribution in [2.75, 3.05) is 12.0 Å². The van der Waals surface area contributed by atoms with Crippen LogP contribution in [-0.2, 0) is 0 Å². The molecule has 5 nitrogen and oxygen atoms in total. The highest BCUT2D eigenvalue weighted by atomic mass is 35.5. The fraction of sp³-hybridized carbons (Fsp3) is 0.154. The SMILES string of the molecule is COc1ccccc1N1C(=S)N[C@H](c2ccccn2)[C@H]1c1ccc(-c2ccc(C)c(Cl)c2)o1. The Morgan fingerprint density at radius 1 is 1.06 bits per heavy atom. The van der Waals surface area contributed by atoms with Crippen LogP contribution in [0.4, 0.5) is 5.69 Å². The van der Waals surface area contributed by atoms with E-state index in [2.05, 4.69) is 10.3 Å². The molecule has 2 aromatic carbocycles. The molecular weight excluding hydrogens is 454 g/mol. The summed E-state index contributed by atoms with van der Waals surface area (Å²) in [4.78, 5) is 6.63. The molecule has 1 saturated heterocycles. The van der Waals surface area contributed by atoms with Crippen molar-refractivity contribution in [2.45, 2.75) is 19.0 Å². The van der Waals surface area contributed by atoms with E-state index in [-0.39, 0.29) is 12.1 Å². The van der Waals surface area contributed by atoms with E-state index in [1.165, 1.54) is 0 Å². The minimum Gasteiger partial charge on any atom is -0.495 e. The van der Waals surface area contributed by atoms with Gasteiger partial charge in [0.1, 0.15) is 23.3 Å². The number of furan rings is 1. The molecule has 1 fully saturated rings. The first-order valence-electron chi connectivity index (χ1n) is 10.6. The Kier molecular flexibility index (Phi) is 5.79. The van der Waals surface area contributed by atoms with E-state index < -0.39 is 0 Å². The number of hydrogen-bond donors (Lipinski definition) is 1. The Bertz CT molecular complexity index is 1310. The molecule has 1 N–H and O–H groups in total. The number of aromatic nitrogens is 1. The second kappa shape index (κ2) is 8.89. The maximum Gasteiger partial charge on any atom is 0.174 e. The Balaban J connectivity index is 1.62. The lowest BCUT2D eigenvalue weighted by Gasteiger charge is -2.27. The molecule has 0 radical (unpaired) electrons. The number of pyridine rings is 1. The third-order valence-corrected chi connectivity index (χ3v) is 6.54. The van der Waals surface area contributed by atoms with Crippen LogP contribution in [0.3, 0.4) is 0 Å². The lowest BCUT2D eigenvalue weighted by Crippen LogP contribution is -2.29. The van der Waals surface area contributed by atoms with Crippen LogP contribution in [0, 0.1) is 6.92 Å². The summed E-state index contributed by atoms with van der Waals surface area (Å²) in [7, 11) is 1.66. The molecule has 7 heteroatoms. The van der Waals surface area contributed by atoms with Crippen molar-refractivity contribution in [1.29, 1.82) is 0 Å². The summed E-state index contributed by atoms with van der Waals surface area (Å²) in [5, 5.41) is 4.73. The maximum absolute atomic E-state index is 6.41. The molecule has 0 bridgehead atoms. The van der Waals surface area contributed by atoms with E-state index in [1.807, 2.05) is 84.6 Å². The van der Waals surface area contributed by atoms with Crippen LogP contribution in [-0.4, -0.2) is 17.2 Å². The third-order valence-electron chi connectivity index (χ3n) is 5.82. The lowest BCUT2D eigenvalue weighted by molar-refractivity contribution is 0.409. The largest absolute Gasteiger partial charge is 0.495 e. The molecule has 2 atom stereocenters. The number of benzene rings is 2. The van der Waals surface area contributed by atoms with Gasteiger partial charge in [-0.05, 0) is 67.2 Å². The number of rotatable bonds is 5. The topological polar surface area (TPSA) is 50.5 Å². The van der Waals surface area contributed by atoms with E-state index in [1.54, 1.807) is 13.3 Å². The second-order valence-electron chi connectivity index (χ2n) is 7.83. The van der Waals surface area contributed by atoms with Gasteiger partial charge in [-0.2, -0.15) is 0 Å². The number of anilines is 1. The van der Waals surface area contributed by atoms with Gasteiger partial charge in [-0.1, -0.05) is 41.9 Å². The maximum atomic E-state index is 6.41. The number of para-hydroxylation sites is 2. The fourth-order valence-corrected chi connectivity index (χ4v) is 4.66. The molecule has 0 saturated carbocycles. The van der Waals surface area contributed by atoms with Crippen molar-refractivity contribution in [3.63, 3.8) is 0 Å². The van der Waals surface area contributed by atoms with Crippen LogP contribution in [0.25, 0.3) is 11.3 Å².